The van der Waals surface area contributed by atoms with Crippen molar-refractivity contribution < 1.29 is 31.5 Å². The molecule has 2 amide bonds. The van der Waals surface area contributed by atoms with Gasteiger partial charge in [0.25, 0.3) is 5.92 Å². The second-order valence-electron chi connectivity index (χ2n) is 6.99. The Morgan fingerprint density at radius 1 is 1.31 bits per heavy atom. The van der Waals surface area contributed by atoms with Crippen molar-refractivity contribution in [3.05, 3.63) is 0 Å². The SMILES string of the molecule is CCCN(CC(F)(F)F)C(=O)C1CCCN(C(=O)C2CC(F)(F)CN2)C1. The van der Waals surface area contributed by atoms with Gasteiger partial charge in [0.1, 0.15) is 6.54 Å². The average Bonchev–Trinajstić information content (AvgIpc) is 2.92. The molecule has 0 bridgehead atoms. The summed E-state index contributed by atoms with van der Waals surface area (Å²) < 4.78 is 64.7. The van der Waals surface area contributed by atoms with E-state index in [1.807, 2.05) is 0 Å². The maximum Gasteiger partial charge on any atom is 0.406 e. The Kier molecular flexibility index (Phi) is 6.46. The number of amides is 2. The fraction of sp³-hybridized carbons (Fsp3) is 0.875. The van der Waals surface area contributed by atoms with Crippen molar-refractivity contribution in [1.29, 1.82) is 0 Å². The third-order valence-corrected chi connectivity index (χ3v) is 4.67. The summed E-state index contributed by atoms with van der Waals surface area (Å²) in [6.45, 7) is 0.0629. The molecule has 0 aromatic rings. The highest BCUT2D eigenvalue weighted by Gasteiger charge is 2.44. The number of alkyl halides is 5. The van der Waals surface area contributed by atoms with Gasteiger partial charge in [-0.1, -0.05) is 6.92 Å². The largest absolute Gasteiger partial charge is 0.406 e. The molecule has 0 saturated carbocycles. The lowest BCUT2D eigenvalue weighted by Gasteiger charge is -2.36. The molecule has 26 heavy (non-hydrogen) atoms. The minimum atomic E-state index is -4.49. The molecule has 2 saturated heterocycles. The first-order chi connectivity index (χ1) is 12.0. The molecule has 2 rings (SSSR count). The summed E-state index contributed by atoms with van der Waals surface area (Å²) in [6, 6.07) is -1.01. The van der Waals surface area contributed by atoms with Crippen LogP contribution in [0, 0.1) is 5.92 Å². The van der Waals surface area contributed by atoms with E-state index in [1.54, 1.807) is 6.92 Å². The van der Waals surface area contributed by atoms with E-state index in [-0.39, 0.29) is 13.1 Å². The first-order valence-corrected chi connectivity index (χ1v) is 8.78. The molecule has 2 fully saturated rings. The van der Waals surface area contributed by atoms with Crippen LogP contribution in [-0.2, 0) is 9.59 Å². The van der Waals surface area contributed by atoms with Gasteiger partial charge in [-0.05, 0) is 19.3 Å². The maximum atomic E-state index is 13.3. The van der Waals surface area contributed by atoms with Crippen LogP contribution in [-0.4, -0.2) is 72.5 Å². The summed E-state index contributed by atoms with van der Waals surface area (Å²) in [6.07, 6.45) is -3.87. The third-order valence-electron chi connectivity index (χ3n) is 4.67. The van der Waals surface area contributed by atoms with E-state index in [1.165, 1.54) is 4.90 Å². The zero-order valence-electron chi connectivity index (χ0n) is 14.6. The van der Waals surface area contributed by atoms with Crippen LogP contribution < -0.4 is 5.32 Å². The van der Waals surface area contributed by atoms with Crippen LogP contribution in [0.4, 0.5) is 22.0 Å². The number of halogens is 5. The third kappa shape index (κ3) is 5.52. The van der Waals surface area contributed by atoms with Gasteiger partial charge in [-0.15, -0.1) is 0 Å². The predicted octanol–water partition coefficient (Wildman–Crippen LogP) is 2.02. The maximum absolute atomic E-state index is 13.3. The normalized spacial score (nSPS) is 26.0. The molecular formula is C16H24F5N3O2. The van der Waals surface area contributed by atoms with Crippen molar-refractivity contribution in [3.63, 3.8) is 0 Å². The molecule has 2 aliphatic rings. The number of hydrogen-bond acceptors (Lipinski definition) is 3. The molecular weight excluding hydrogens is 361 g/mol. The molecule has 0 aromatic heterocycles. The number of carbonyl (C=O) groups is 2. The van der Waals surface area contributed by atoms with Crippen molar-refractivity contribution in [3.8, 4) is 0 Å². The molecule has 0 radical (unpaired) electrons. The summed E-state index contributed by atoms with van der Waals surface area (Å²) in [5, 5.41) is 2.48. The van der Waals surface area contributed by atoms with Crippen molar-refractivity contribution >= 4 is 11.8 Å². The van der Waals surface area contributed by atoms with Crippen molar-refractivity contribution in [2.24, 2.45) is 5.92 Å². The summed E-state index contributed by atoms with van der Waals surface area (Å²) in [7, 11) is 0. The van der Waals surface area contributed by atoms with E-state index >= 15 is 0 Å². The van der Waals surface area contributed by atoms with Crippen molar-refractivity contribution in [2.75, 3.05) is 32.7 Å². The van der Waals surface area contributed by atoms with Crippen LogP contribution in [0.3, 0.4) is 0 Å². The summed E-state index contributed by atoms with van der Waals surface area (Å²) in [5.41, 5.74) is 0. The molecule has 2 unspecified atom stereocenters. The van der Waals surface area contributed by atoms with Gasteiger partial charge in [0.15, 0.2) is 0 Å². The van der Waals surface area contributed by atoms with Gasteiger partial charge in [-0.25, -0.2) is 8.78 Å². The smallest absolute Gasteiger partial charge is 0.341 e. The average molecular weight is 385 g/mol. The minimum absolute atomic E-state index is 0.0147. The minimum Gasteiger partial charge on any atom is -0.341 e. The van der Waals surface area contributed by atoms with Crippen molar-refractivity contribution in [2.45, 2.75) is 50.7 Å². The Labute approximate surface area is 148 Å². The summed E-state index contributed by atoms with van der Waals surface area (Å²) >= 11 is 0. The van der Waals surface area contributed by atoms with E-state index in [2.05, 4.69) is 5.32 Å². The Balaban J connectivity index is 1.99. The summed E-state index contributed by atoms with van der Waals surface area (Å²) in [4.78, 5) is 27.0. The fourth-order valence-electron chi connectivity index (χ4n) is 3.50. The Bertz CT molecular complexity index is 527. The highest BCUT2D eigenvalue weighted by molar-refractivity contribution is 5.84. The molecule has 10 heteroatoms. The number of piperidine rings is 1. The fourth-order valence-corrected chi connectivity index (χ4v) is 3.50. The highest BCUT2D eigenvalue weighted by atomic mass is 19.4. The quantitative estimate of drug-likeness (QED) is 0.737. The number of carbonyl (C=O) groups excluding carboxylic acids is 2. The first kappa shape index (κ1) is 20.9. The second-order valence-corrected chi connectivity index (χ2v) is 6.99. The highest BCUT2D eigenvalue weighted by Crippen LogP contribution is 2.28. The lowest BCUT2D eigenvalue weighted by atomic mass is 9.95. The van der Waals surface area contributed by atoms with Crippen LogP contribution in [0.25, 0.3) is 0 Å². The Hall–Kier alpha value is -1.45. The lowest BCUT2D eigenvalue weighted by molar-refractivity contribution is -0.165. The number of hydrogen-bond donors (Lipinski definition) is 1. The molecule has 0 spiro atoms. The van der Waals surface area contributed by atoms with Crippen LogP contribution in [0.15, 0.2) is 0 Å². The van der Waals surface area contributed by atoms with Gasteiger partial charge in [0, 0.05) is 26.1 Å². The first-order valence-electron chi connectivity index (χ1n) is 8.78. The molecule has 2 atom stereocenters. The van der Waals surface area contributed by atoms with Gasteiger partial charge < -0.3 is 9.80 Å². The number of rotatable bonds is 5. The van der Waals surface area contributed by atoms with E-state index < -0.39 is 55.4 Å². The van der Waals surface area contributed by atoms with Crippen LogP contribution in [0.5, 0.6) is 0 Å². The summed E-state index contributed by atoms with van der Waals surface area (Å²) in [5.74, 6) is -4.83. The van der Waals surface area contributed by atoms with Gasteiger partial charge in [-0.2, -0.15) is 13.2 Å². The van der Waals surface area contributed by atoms with E-state index in [9.17, 15) is 31.5 Å². The second kappa shape index (κ2) is 8.06. The van der Waals surface area contributed by atoms with Crippen LogP contribution in [0.2, 0.25) is 0 Å². The molecule has 0 aromatic carbocycles. The van der Waals surface area contributed by atoms with E-state index in [0.29, 0.717) is 25.8 Å². The predicted molar refractivity (Wildman–Crippen MR) is 83.6 cm³/mol. The molecule has 0 aliphatic carbocycles. The van der Waals surface area contributed by atoms with Crippen molar-refractivity contribution in [1.82, 2.24) is 15.1 Å². The van der Waals surface area contributed by atoms with E-state index in [4.69, 9.17) is 0 Å². The lowest BCUT2D eigenvalue weighted by Crippen LogP contribution is -2.52. The Morgan fingerprint density at radius 3 is 2.54 bits per heavy atom. The van der Waals surface area contributed by atoms with Crippen LogP contribution in [0.1, 0.15) is 32.6 Å². The zero-order valence-corrected chi connectivity index (χ0v) is 14.6. The molecule has 5 nitrogen and oxygen atoms in total. The van der Waals surface area contributed by atoms with E-state index in [0.717, 1.165) is 4.90 Å². The standard InChI is InChI=1S/C16H24F5N3O2/c1-2-5-24(10-16(19,20)21)13(25)11-4-3-6-23(8-11)14(26)12-7-15(17,18)9-22-12/h11-12,22H,2-10H2,1H3. The topological polar surface area (TPSA) is 52.7 Å². The van der Waals surface area contributed by atoms with Gasteiger partial charge in [0.05, 0.1) is 18.5 Å². The number of likely N-dealkylation sites (tertiary alicyclic amines) is 1. The van der Waals surface area contributed by atoms with Gasteiger partial charge >= 0.3 is 6.18 Å². The van der Waals surface area contributed by atoms with Gasteiger partial charge in [-0.3, -0.25) is 14.9 Å². The molecule has 2 heterocycles. The number of nitrogens with one attached hydrogen (secondary N) is 1. The Morgan fingerprint density at radius 2 is 2.00 bits per heavy atom. The monoisotopic (exact) mass is 385 g/mol. The van der Waals surface area contributed by atoms with Gasteiger partial charge in [0.2, 0.25) is 11.8 Å². The molecule has 2 aliphatic heterocycles. The zero-order chi connectivity index (χ0) is 19.5. The molecule has 1 N–H and O–H groups in total. The number of nitrogens with zero attached hydrogens (tertiary/aromatic N) is 2. The molecule has 150 valence electrons. The van der Waals surface area contributed by atoms with Crippen LogP contribution >= 0.6 is 0 Å².